The molecule has 0 radical (unpaired) electrons. The number of aryl methyl sites for hydroxylation is 1. The lowest BCUT2D eigenvalue weighted by Crippen LogP contribution is -2.25. The molecule has 0 fully saturated rings. The van der Waals surface area contributed by atoms with E-state index in [-0.39, 0.29) is 11.8 Å². The molecule has 0 unspecified atom stereocenters. The average Bonchev–Trinajstić information content (AvgIpc) is 2.73. The third-order valence-corrected chi connectivity index (χ3v) is 4.40. The summed E-state index contributed by atoms with van der Waals surface area (Å²) in [5, 5.41) is 5.73. The van der Waals surface area contributed by atoms with Gasteiger partial charge in [0.2, 0.25) is 0 Å². The highest BCUT2D eigenvalue weighted by Crippen LogP contribution is 2.18. The first kappa shape index (κ1) is 19.2. The molecule has 3 aromatic carbocycles. The number of para-hydroxylation sites is 1. The molecule has 0 aliphatic rings. The third-order valence-electron chi connectivity index (χ3n) is 4.40. The number of hydrogen-bond acceptors (Lipinski definition) is 3. The van der Waals surface area contributed by atoms with Crippen LogP contribution >= 0.6 is 0 Å². The Morgan fingerprint density at radius 3 is 2.32 bits per heavy atom. The lowest BCUT2D eigenvalue weighted by atomic mass is 10.1. The smallest absolute Gasteiger partial charge is 0.255 e. The monoisotopic (exact) mass is 374 g/mol. The molecular weight excluding hydrogens is 352 g/mol. The van der Waals surface area contributed by atoms with E-state index in [0.717, 1.165) is 16.9 Å². The first-order chi connectivity index (χ1) is 13.6. The van der Waals surface area contributed by atoms with Crippen LogP contribution < -0.4 is 15.4 Å². The third kappa shape index (κ3) is 4.57. The second-order valence-corrected chi connectivity index (χ2v) is 6.35. The summed E-state index contributed by atoms with van der Waals surface area (Å²) in [4.78, 5) is 25.3. The van der Waals surface area contributed by atoms with E-state index in [0.29, 0.717) is 23.4 Å². The molecule has 0 bridgehead atoms. The second kappa shape index (κ2) is 8.86. The van der Waals surface area contributed by atoms with Crippen LogP contribution in [0.5, 0.6) is 5.75 Å². The van der Waals surface area contributed by atoms with E-state index in [4.69, 9.17) is 4.74 Å². The van der Waals surface area contributed by atoms with Gasteiger partial charge in [0.1, 0.15) is 5.75 Å². The summed E-state index contributed by atoms with van der Waals surface area (Å²) < 4.78 is 5.20. The molecule has 0 aliphatic carbocycles. The van der Waals surface area contributed by atoms with Crippen molar-refractivity contribution in [3.8, 4) is 5.75 Å². The zero-order valence-electron chi connectivity index (χ0n) is 15.9. The van der Waals surface area contributed by atoms with Crippen LogP contribution in [-0.4, -0.2) is 18.9 Å². The number of ether oxygens (including phenoxy) is 1. The number of amides is 2. The van der Waals surface area contributed by atoms with Crippen molar-refractivity contribution in [2.24, 2.45) is 0 Å². The number of rotatable bonds is 6. The quantitative estimate of drug-likeness (QED) is 0.680. The van der Waals surface area contributed by atoms with Gasteiger partial charge < -0.3 is 15.4 Å². The van der Waals surface area contributed by atoms with Crippen molar-refractivity contribution in [2.75, 3.05) is 12.4 Å². The summed E-state index contributed by atoms with van der Waals surface area (Å²) in [6, 6.07) is 21.8. The van der Waals surface area contributed by atoms with Gasteiger partial charge in [0.15, 0.2) is 0 Å². The second-order valence-electron chi connectivity index (χ2n) is 6.35. The van der Waals surface area contributed by atoms with Crippen molar-refractivity contribution in [1.82, 2.24) is 5.32 Å². The summed E-state index contributed by atoms with van der Waals surface area (Å²) in [6.45, 7) is 2.23. The van der Waals surface area contributed by atoms with Gasteiger partial charge in [-0.25, -0.2) is 0 Å². The van der Waals surface area contributed by atoms with E-state index in [1.165, 1.54) is 0 Å². The van der Waals surface area contributed by atoms with Crippen LogP contribution in [0.15, 0.2) is 72.8 Å². The predicted octanol–water partition coefficient (Wildman–Crippen LogP) is 4.19. The molecule has 142 valence electrons. The molecule has 5 heteroatoms. The van der Waals surface area contributed by atoms with Crippen molar-refractivity contribution < 1.29 is 14.3 Å². The van der Waals surface area contributed by atoms with Gasteiger partial charge in [-0.15, -0.1) is 0 Å². The topological polar surface area (TPSA) is 67.4 Å². The Hall–Kier alpha value is -3.60. The first-order valence-electron chi connectivity index (χ1n) is 8.95. The summed E-state index contributed by atoms with van der Waals surface area (Å²) >= 11 is 0. The summed E-state index contributed by atoms with van der Waals surface area (Å²) in [6.07, 6.45) is 0. The lowest BCUT2D eigenvalue weighted by Gasteiger charge is -2.13. The van der Waals surface area contributed by atoms with Gasteiger partial charge in [0, 0.05) is 12.1 Å². The van der Waals surface area contributed by atoms with E-state index in [1.54, 1.807) is 37.4 Å². The number of benzene rings is 3. The average molecular weight is 374 g/mol. The molecule has 2 amide bonds. The molecule has 0 aromatic heterocycles. The van der Waals surface area contributed by atoms with Crippen LogP contribution in [0.1, 0.15) is 31.8 Å². The molecular formula is C23H22N2O3. The minimum absolute atomic E-state index is 0.244. The molecule has 3 rings (SSSR count). The maximum atomic E-state index is 12.7. The summed E-state index contributed by atoms with van der Waals surface area (Å²) in [5.41, 5.74) is 3.26. The lowest BCUT2D eigenvalue weighted by molar-refractivity contribution is 0.0951. The predicted molar refractivity (Wildman–Crippen MR) is 110 cm³/mol. The van der Waals surface area contributed by atoms with E-state index in [9.17, 15) is 9.59 Å². The SMILES string of the molecule is COc1cccc(CNC(=O)c2ccccc2NC(=O)c2ccccc2C)c1. The van der Waals surface area contributed by atoms with Crippen LogP contribution in [0.25, 0.3) is 0 Å². The molecule has 0 heterocycles. The van der Waals surface area contributed by atoms with Gasteiger partial charge in [-0.05, 0) is 48.4 Å². The van der Waals surface area contributed by atoms with Crippen LogP contribution in [0.4, 0.5) is 5.69 Å². The Labute approximate surface area is 164 Å². The van der Waals surface area contributed by atoms with Crippen molar-refractivity contribution >= 4 is 17.5 Å². The van der Waals surface area contributed by atoms with E-state index < -0.39 is 0 Å². The first-order valence-corrected chi connectivity index (χ1v) is 8.95. The fourth-order valence-corrected chi connectivity index (χ4v) is 2.87. The van der Waals surface area contributed by atoms with Crippen LogP contribution in [0.3, 0.4) is 0 Å². The van der Waals surface area contributed by atoms with Crippen molar-refractivity contribution in [3.63, 3.8) is 0 Å². The zero-order valence-corrected chi connectivity index (χ0v) is 15.9. The van der Waals surface area contributed by atoms with Crippen LogP contribution in [0, 0.1) is 6.92 Å². The van der Waals surface area contributed by atoms with Crippen LogP contribution in [0.2, 0.25) is 0 Å². The summed E-state index contributed by atoms with van der Waals surface area (Å²) in [7, 11) is 1.60. The highest BCUT2D eigenvalue weighted by molar-refractivity contribution is 6.09. The Kier molecular flexibility index (Phi) is 6.07. The maximum Gasteiger partial charge on any atom is 0.255 e. The van der Waals surface area contributed by atoms with Crippen molar-refractivity contribution in [2.45, 2.75) is 13.5 Å². The minimum atomic E-state index is -0.261. The number of carbonyl (C=O) groups is 2. The Morgan fingerprint density at radius 2 is 1.57 bits per heavy atom. The molecule has 28 heavy (non-hydrogen) atoms. The van der Waals surface area contributed by atoms with Gasteiger partial charge in [0.25, 0.3) is 11.8 Å². The molecule has 5 nitrogen and oxygen atoms in total. The number of anilines is 1. The van der Waals surface area contributed by atoms with Crippen molar-refractivity contribution in [1.29, 1.82) is 0 Å². The zero-order chi connectivity index (χ0) is 19.9. The van der Waals surface area contributed by atoms with Crippen molar-refractivity contribution in [3.05, 3.63) is 95.1 Å². The van der Waals surface area contributed by atoms with Gasteiger partial charge in [0.05, 0.1) is 18.4 Å². The molecule has 0 saturated heterocycles. The number of methoxy groups -OCH3 is 1. The fraction of sp³-hybridized carbons (Fsp3) is 0.130. The molecule has 0 saturated carbocycles. The minimum Gasteiger partial charge on any atom is -0.497 e. The van der Waals surface area contributed by atoms with Crippen LogP contribution in [-0.2, 0) is 6.54 Å². The highest BCUT2D eigenvalue weighted by atomic mass is 16.5. The standard InChI is InChI=1S/C23H22N2O3/c1-16-8-3-4-11-19(16)23(27)25-21-13-6-5-12-20(21)22(26)24-15-17-9-7-10-18(14-17)28-2/h3-14H,15H2,1-2H3,(H,24,26)(H,25,27). The van der Waals surface area contributed by atoms with E-state index in [2.05, 4.69) is 10.6 Å². The van der Waals surface area contributed by atoms with E-state index in [1.807, 2.05) is 49.4 Å². The Balaban J connectivity index is 1.73. The normalized spacial score (nSPS) is 10.2. The van der Waals surface area contributed by atoms with E-state index >= 15 is 0 Å². The highest BCUT2D eigenvalue weighted by Gasteiger charge is 2.15. The fourth-order valence-electron chi connectivity index (χ4n) is 2.87. The van der Waals surface area contributed by atoms with Gasteiger partial charge in [-0.2, -0.15) is 0 Å². The molecule has 0 aliphatic heterocycles. The number of nitrogens with one attached hydrogen (secondary N) is 2. The molecule has 3 aromatic rings. The molecule has 0 spiro atoms. The maximum absolute atomic E-state index is 12.7. The van der Waals surface area contributed by atoms with Gasteiger partial charge in [-0.1, -0.05) is 42.5 Å². The van der Waals surface area contributed by atoms with Gasteiger partial charge in [-0.3, -0.25) is 9.59 Å². The molecule has 2 N–H and O–H groups in total. The molecule has 0 atom stereocenters. The largest absolute Gasteiger partial charge is 0.497 e. The Bertz CT molecular complexity index is 998. The summed E-state index contributed by atoms with van der Waals surface area (Å²) in [5.74, 6) is 0.229. The van der Waals surface area contributed by atoms with Gasteiger partial charge >= 0.3 is 0 Å². The number of hydrogen-bond donors (Lipinski definition) is 2. The Morgan fingerprint density at radius 1 is 0.857 bits per heavy atom. The number of carbonyl (C=O) groups excluding carboxylic acids is 2.